The second-order valence-corrected chi connectivity index (χ2v) is 5.53. The van der Waals surface area contributed by atoms with E-state index in [4.69, 9.17) is 0 Å². The van der Waals surface area contributed by atoms with E-state index in [9.17, 15) is 4.79 Å². The van der Waals surface area contributed by atoms with Gasteiger partial charge in [-0.3, -0.25) is 4.79 Å². The molecule has 0 saturated carbocycles. The first-order chi connectivity index (χ1) is 9.61. The van der Waals surface area contributed by atoms with Crippen LogP contribution in [-0.4, -0.2) is 34.9 Å². The van der Waals surface area contributed by atoms with Gasteiger partial charge < -0.3 is 10.2 Å². The quantitative estimate of drug-likeness (QED) is 0.920. The molecule has 20 heavy (non-hydrogen) atoms. The van der Waals surface area contributed by atoms with E-state index in [1.165, 1.54) is 4.90 Å². The van der Waals surface area contributed by atoms with E-state index < -0.39 is 0 Å². The standard InChI is InChI=1S/C14H18N4OS/c1-4-11(13-15-7-8-20-13)17-12-6-5-10(9-16-12)14(19)18(2)3/h5-9,11H,4H2,1-3H3,(H,16,17). The normalized spacial score (nSPS) is 11.9. The molecule has 1 atom stereocenters. The minimum atomic E-state index is -0.0454. The number of aromatic nitrogens is 2. The SMILES string of the molecule is CCC(Nc1ccc(C(=O)N(C)C)cn1)c1nccs1. The Kier molecular flexibility index (Phi) is 4.68. The minimum Gasteiger partial charge on any atom is -0.361 e. The Labute approximate surface area is 122 Å². The highest BCUT2D eigenvalue weighted by atomic mass is 32.1. The highest BCUT2D eigenvalue weighted by molar-refractivity contribution is 7.09. The average Bonchev–Trinajstić information content (AvgIpc) is 2.98. The number of anilines is 1. The Morgan fingerprint density at radius 3 is 2.70 bits per heavy atom. The molecular formula is C14H18N4OS. The number of carbonyl (C=O) groups excluding carboxylic acids is 1. The summed E-state index contributed by atoms with van der Waals surface area (Å²) >= 11 is 1.62. The summed E-state index contributed by atoms with van der Waals surface area (Å²) in [6.45, 7) is 2.10. The molecule has 0 spiro atoms. The predicted molar refractivity (Wildman–Crippen MR) is 81.0 cm³/mol. The van der Waals surface area contributed by atoms with Crippen LogP contribution in [0.1, 0.15) is 34.8 Å². The zero-order valence-corrected chi connectivity index (χ0v) is 12.6. The highest BCUT2D eigenvalue weighted by Gasteiger charge is 2.13. The zero-order chi connectivity index (χ0) is 14.5. The van der Waals surface area contributed by atoms with Crippen LogP contribution in [0.4, 0.5) is 5.82 Å². The molecule has 1 unspecified atom stereocenters. The van der Waals surface area contributed by atoms with Gasteiger partial charge in [-0.25, -0.2) is 9.97 Å². The lowest BCUT2D eigenvalue weighted by Crippen LogP contribution is -2.21. The van der Waals surface area contributed by atoms with Gasteiger partial charge in [0.05, 0.1) is 11.6 Å². The topological polar surface area (TPSA) is 58.1 Å². The molecule has 0 aliphatic carbocycles. The van der Waals surface area contributed by atoms with Crippen LogP contribution in [0.2, 0.25) is 0 Å². The summed E-state index contributed by atoms with van der Waals surface area (Å²) < 4.78 is 0. The van der Waals surface area contributed by atoms with Gasteiger partial charge >= 0.3 is 0 Å². The van der Waals surface area contributed by atoms with Crippen LogP contribution in [0, 0.1) is 0 Å². The molecule has 2 aromatic rings. The molecule has 2 heterocycles. The van der Waals surface area contributed by atoms with Crippen LogP contribution in [-0.2, 0) is 0 Å². The van der Waals surface area contributed by atoms with Crippen molar-refractivity contribution in [1.82, 2.24) is 14.9 Å². The molecule has 6 heteroatoms. The third-order valence-corrected chi connectivity index (χ3v) is 3.79. The fraction of sp³-hybridized carbons (Fsp3) is 0.357. The van der Waals surface area contributed by atoms with E-state index >= 15 is 0 Å². The molecular weight excluding hydrogens is 272 g/mol. The van der Waals surface area contributed by atoms with Gasteiger partial charge in [-0.05, 0) is 18.6 Å². The molecule has 0 radical (unpaired) electrons. The van der Waals surface area contributed by atoms with Crippen molar-refractivity contribution in [3.63, 3.8) is 0 Å². The van der Waals surface area contributed by atoms with Crippen molar-refractivity contribution in [3.05, 3.63) is 40.5 Å². The summed E-state index contributed by atoms with van der Waals surface area (Å²) in [6, 6.07) is 3.76. The average molecular weight is 290 g/mol. The molecule has 1 N–H and O–H groups in total. The van der Waals surface area contributed by atoms with E-state index in [-0.39, 0.29) is 11.9 Å². The summed E-state index contributed by atoms with van der Waals surface area (Å²) in [6.07, 6.45) is 4.32. The summed E-state index contributed by atoms with van der Waals surface area (Å²) in [7, 11) is 3.45. The zero-order valence-electron chi connectivity index (χ0n) is 11.8. The molecule has 1 amide bonds. The van der Waals surface area contributed by atoms with Crippen molar-refractivity contribution in [2.45, 2.75) is 19.4 Å². The van der Waals surface area contributed by atoms with E-state index in [0.29, 0.717) is 5.56 Å². The Balaban J connectivity index is 2.08. The second-order valence-electron chi connectivity index (χ2n) is 4.61. The molecule has 0 bridgehead atoms. The van der Waals surface area contributed by atoms with Crippen LogP contribution in [0.25, 0.3) is 0 Å². The number of amides is 1. The molecule has 0 saturated heterocycles. The molecule has 0 aromatic carbocycles. The smallest absolute Gasteiger partial charge is 0.254 e. The van der Waals surface area contributed by atoms with Gasteiger partial charge in [0.2, 0.25) is 0 Å². The summed E-state index contributed by atoms with van der Waals surface area (Å²) in [5, 5.41) is 6.35. The maximum atomic E-state index is 11.8. The fourth-order valence-electron chi connectivity index (χ4n) is 1.79. The number of carbonyl (C=O) groups is 1. The lowest BCUT2D eigenvalue weighted by atomic mass is 10.2. The highest BCUT2D eigenvalue weighted by Crippen LogP contribution is 2.23. The molecule has 2 aromatic heterocycles. The fourth-order valence-corrected chi connectivity index (χ4v) is 2.56. The van der Waals surface area contributed by atoms with Crippen molar-refractivity contribution in [2.75, 3.05) is 19.4 Å². The maximum absolute atomic E-state index is 11.8. The summed E-state index contributed by atoms with van der Waals surface area (Å²) in [5.74, 6) is 0.707. The van der Waals surface area contributed by atoms with Crippen molar-refractivity contribution >= 4 is 23.1 Å². The van der Waals surface area contributed by atoms with Crippen molar-refractivity contribution < 1.29 is 4.79 Å². The minimum absolute atomic E-state index is 0.0454. The van der Waals surface area contributed by atoms with Gasteiger partial charge in [0.25, 0.3) is 5.91 Å². The molecule has 0 aliphatic rings. The van der Waals surface area contributed by atoms with Crippen molar-refractivity contribution in [2.24, 2.45) is 0 Å². The lowest BCUT2D eigenvalue weighted by Gasteiger charge is -2.15. The Morgan fingerprint density at radius 1 is 1.40 bits per heavy atom. The number of rotatable bonds is 5. The van der Waals surface area contributed by atoms with Gasteiger partial charge in [0.1, 0.15) is 10.8 Å². The van der Waals surface area contributed by atoms with Crippen LogP contribution < -0.4 is 5.32 Å². The first kappa shape index (κ1) is 14.5. The van der Waals surface area contributed by atoms with E-state index in [1.54, 1.807) is 43.9 Å². The number of pyridine rings is 1. The van der Waals surface area contributed by atoms with Gasteiger partial charge in [-0.2, -0.15) is 0 Å². The molecule has 0 fully saturated rings. The second kappa shape index (κ2) is 6.47. The van der Waals surface area contributed by atoms with Gasteiger partial charge in [-0.1, -0.05) is 6.92 Å². The summed E-state index contributed by atoms with van der Waals surface area (Å²) in [4.78, 5) is 21.9. The van der Waals surface area contributed by atoms with Crippen LogP contribution in [0.15, 0.2) is 29.9 Å². The van der Waals surface area contributed by atoms with Gasteiger partial charge in [0.15, 0.2) is 0 Å². The third kappa shape index (κ3) is 3.33. The number of nitrogens with zero attached hydrogens (tertiary/aromatic N) is 3. The largest absolute Gasteiger partial charge is 0.361 e. The molecule has 106 valence electrons. The van der Waals surface area contributed by atoms with Crippen molar-refractivity contribution in [1.29, 1.82) is 0 Å². The number of nitrogens with one attached hydrogen (secondary N) is 1. The Morgan fingerprint density at radius 2 is 2.20 bits per heavy atom. The first-order valence-corrected chi connectivity index (χ1v) is 7.33. The Hall–Kier alpha value is -1.95. The van der Waals surface area contributed by atoms with Crippen molar-refractivity contribution in [3.8, 4) is 0 Å². The van der Waals surface area contributed by atoms with Crippen LogP contribution >= 0.6 is 11.3 Å². The monoisotopic (exact) mass is 290 g/mol. The van der Waals surface area contributed by atoms with Gasteiger partial charge in [-0.15, -0.1) is 11.3 Å². The van der Waals surface area contributed by atoms with E-state index in [2.05, 4.69) is 22.2 Å². The third-order valence-electron chi connectivity index (χ3n) is 2.90. The lowest BCUT2D eigenvalue weighted by molar-refractivity contribution is 0.0827. The number of thiazole rings is 1. The molecule has 0 aliphatic heterocycles. The first-order valence-electron chi connectivity index (χ1n) is 6.45. The van der Waals surface area contributed by atoms with Gasteiger partial charge in [0, 0.05) is 31.9 Å². The maximum Gasteiger partial charge on any atom is 0.254 e. The number of hydrogen-bond donors (Lipinski definition) is 1. The summed E-state index contributed by atoms with van der Waals surface area (Å²) in [5.41, 5.74) is 0.586. The molecule has 2 rings (SSSR count). The number of hydrogen-bond acceptors (Lipinski definition) is 5. The molecule has 5 nitrogen and oxygen atoms in total. The van der Waals surface area contributed by atoms with Crippen LogP contribution in [0.3, 0.4) is 0 Å². The van der Waals surface area contributed by atoms with E-state index in [0.717, 1.165) is 17.2 Å². The Bertz CT molecular complexity index is 551. The predicted octanol–water partition coefficient (Wildman–Crippen LogP) is 2.80. The van der Waals surface area contributed by atoms with E-state index in [1.807, 2.05) is 11.4 Å². The van der Waals surface area contributed by atoms with Crippen LogP contribution in [0.5, 0.6) is 0 Å².